The first-order valence-corrected chi connectivity index (χ1v) is 11.6. The van der Waals surface area contributed by atoms with Gasteiger partial charge in [-0.3, -0.25) is 9.20 Å². The molecule has 0 fully saturated rings. The molecule has 0 saturated carbocycles. The molecule has 1 amide bonds. The van der Waals surface area contributed by atoms with Crippen molar-refractivity contribution in [1.29, 1.82) is 0 Å². The van der Waals surface area contributed by atoms with Crippen molar-refractivity contribution in [1.82, 2.24) is 9.38 Å². The van der Waals surface area contributed by atoms with Crippen LogP contribution in [0.15, 0.2) is 78.3 Å². The summed E-state index contributed by atoms with van der Waals surface area (Å²) in [4.78, 5) is 18.4. The van der Waals surface area contributed by atoms with Gasteiger partial charge in [0, 0.05) is 33.5 Å². The average molecular weight is 456 g/mol. The number of hydrogen-bond donors (Lipinski definition) is 1. The Bertz CT molecular complexity index is 1480. The number of thiazole rings is 1. The van der Waals surface area contributed by atoms with Crippen molar-refractivity contribution >= 4 is 39.5 Å². The monoisotopic (exact) mass is 455 g/mol. The number of aromatic nitrogens is 2. The molecule has 2 heterocycles. The van der Waals surface area contributed by atoms with Crippen LogP contribution in [-0.2, 0) is 17.6 Å². The summed E-state index contributed by atoms with van der Waals surface area (Å²) >= 11 is 7.53. The first-order valence-electron chi connectivity index (χ1n) is 10.4. The lowest BCUT2D eigenvalue weighted by Gasteiger charge is -2.08. The van der Waals surface area contributed by atoms with Crippen LogP contribution < -0.4 is 5.32 Å². The SMILES string of the molecule is O=C(Cc1csc2nc(-c3ccc(Cl)cc3)cn12)Nc1ccc2c(c1)Cc1ccccc1-2. The molecule has 1 N–H and O–H groups in total. The van der Waals surface area contributed by atoms with Crippen molar-refractivity contribution in [2.75, 3.05) is 5.32 Å². The molecule has 1 aliphatic rings. The fourth-order valence-electron chi connectivity index (χ4n) is 4.31. The van der Waals surface area contributed by atoms with Gasteiger partial charge in [-0.15, -0.1) is 11.3 Å². The molecule has 4 nitrogen and oxygen atoms in total. The maximum atomic E-state index is 12.8. The quantitative estimate of drug-likeness (QED) is 0.331. The van der Waals surface area contributed by atoms with Gasteiger partial charge in [-0.1, -0.05) is 54.1 Å². The van der Waals surface area contributed by atoms with Crippen LogP contribution in [0.5, 0.6) is 0 Å². The number of rotatable bonds is 4. The van der Waals surface area contributed by atoms with Gasteiger partial charge < -0.3 is 5.32 Å². The van der Waals surface area contributed by atoms with E-state index in [0.29, 0.717) is 5.02 Å². The average Bonchev–Trinajstić information content (AvgIpc) is 3.47. The largest absolute Gasteiger partial charge is 0.326 e. The van der Waals surface area contributed by atoms with Crippen LogP contribution >= 0.6 is 22.9 Å². The lowest BCUT2D eigenvalue weighted by Crippen LogP contribution is -2.15. The van der Waals surface area contributed by atoms with Gasteiger partial charge in [-0.25, -0.2) is 4.98 Å². The van der Waals surface area contributed by atoms with Crippen molar-refractivity contribution in [3.8, 4) is 22.4 Å². The second-order valence-corrected chi connectivity index (χ2v) is 9.22. The number of fused-ring (bicyclic) bond motifs is 4. The van der Waals surface area contributed by atoms with E-state index < -0.39 is 0 Å². The number of nitrogens with one attached hydrogen (secondary N) is 1. The van der Waals surface area contributed by atoms with E-state index in [1.54, 1.807) is 0 Å². The van der Waals surface area contributed by atoms with Gasteiger partial charge in [0.2, 0.25) is 5.91 Å². The smallest absolute Gasteiger partial charge is 0.230 e. The molecule has 32 heavy (non-hydrogen) atoms. The van der Waals surface area contributed by atoms with Gasteiger partial charge in [0.15, 0.2) is 4.96 Å². The molecule has 0 radical (unpaired) electrons. The van der Waals surface area contributed by atoms with Gasteiger partial charge in [0.05, 0.1) is 12.1 Å². The van der Waals surface area contributed by atoms with Crippen molar-refractivity contribution in [2.45, 2.75) is 12.8 Å². The van der Waals surface area contributed by atoms with Crippen molar-refractivity contribution in [3.05, 3.63) is 100 Å². The zero-order valence-electron chi connectivity index (χ0n) is 17.0. The number of amides is 1. The topological polar surface area (TPSA) is 46.4 Å². The highest BCUT2D eigenvalue weighted by molar-refractivity contribution is 7.15. The van der Waals surface area contributed by atoms with Gasteiger partial charge in [0.25, 0.3) is 0 Å². The zero-order valence-corrected chi connectivity index (χ0v) is 18.6. The summed E-state index contributed by atoms with van der Waals surface area (Å²) in [5, 5.41) is 5.75. The van der Waals surface area contributed by atoms with Crippen LogP contribution in [0, 0.1) is 0 Å². The molecule has 0 unspecified atom stereocenters. The maximum absolute atomic E-state index is 12.8. The summed E-state index contributed by atoms with van der Waals surface area (Å²) in [5.74, 6) is -0.0399. The molecule has 0 atom stereocenters. The molecular formula is C26H18ClN3OS. The number of carbonyl (C=O) groups excluding carboxylic acids is 1. The fraction of sp³-hybridized carbons (Fsp3) is 0.0769. The highest BCUT2D eigenvalue weighted by atomic mass is 35.5. The number of anilines is 1. The van der Waals surface area contributed by atoms with Crippen LogP contribution in [-0.4, -0.2) is 15.3 Å². The number of hydrogen-bond acceptors (Lipinski definition) is 3. The minimum Gasteiger partial charge on any atom is -0.326 e. The third kappa shape index (κ3) is 3.40. The predicted octanol–water partition coefficient (Wildman–Crippen LogP) is 6.47. The minimum atomic E-state index is -0.0399. The van der Waals surface area contributed by atoms with Crippen molar-refractivity contribution in [3.63, 3.8) is 0 Å². The second kappa shape index (κ2) is 7.62. The molecule has 0 spiro atoms. The number of halogens is 1. The Balaban J connectivity index is 1.20. The molecule has 0 bridgehead atoms. The molecular weight excluding hydrogens is 438 g/mol. The highest BCUT2D eigenvalue weighted by Gasteiger charge is 2.19. The van der Waals surface area contributed by atoms with E-state index in [0.717, 1.165) is 34.0 Å². The minimum absolute atomic E-state index is 0.0399. The van der Waals surface area contributed by atoms with Crippen LogP contribution in [0.3, 0.4) is 0 Å². The van der Waals surface area contributed by atoms with E-state index in [1.165, 1.54) is 33.6 Å². The summed E-state index contributed by atoms with van der Waals surface area (Å²) < 4.78 is 1.99. The third-order valence-electron chi connectivity index (χ3n) is 5.84. The molecule has 5 aromatic rings. The van der Waals surface area contributed by atoms with E-state index >= 15 is 0 Å². The molecule has 6 heteroatoms. The first-order chi connectivity index (χ1) is 15.6. The third-order valence-corrected chi connectivity index (χ3v) is 6.98. The normalized spacial score (nSPS) is 12.0. The standard InChI is InChI=1S/C26H18ClN3OS/c27-19-7-5-16(6-8-19)24-14-30-21(15-32-26(30)29-24)13-25(31)28-20-9-10-23-18(12-20)11-17-3-1-2-4-22(17)23/h1-10,12,14-15H,11,13H2,(H,28,31). The fourth-order valence-corrected chi connectivity index (χ4v) is 5.31. The Labute approximate surface area is 194 Å². The molecule has 6 rings (SSSR count). The molecule has 0 aliphatic heterocycles. The summed E-state index contributed by atoms with van der Waals surface area (Å²) in [7, 11) is 0. The van der Waals surface area contributed by atoms with Crippen LogP contribution in [0.25, 0.3) is 27.3 Å². The molecule has 2 aromatic heterocycles. The van der Waals surface area contributed by atoms with E-state index in [1.807, 2.05) is 46.3 Å². The van der Waals surface area contributed by atoms with E-state index in [-0.39, 0.29) is 12.3 Å². The second-order valence-electron chi connectivity index (χ2n) is 7.94. The summed E-state index contributed by atoms with van der Waals surface area (Å²) in [6.45, 7) is 0. The van der Waals surface area contributed by atoms with Gasteiger partial charge in [-0.05, 0) is 52.9 Å². The highest BCUT2D eigenvalue weighted by Crippen LogP contribution is 2.37. The summed E-state index contributed by atoms with van der Waals surface area (Å²) in [5.41, 5.74) is 8.76. The first kappa shape index (κ1) is 19.3. The maximum Gasteiger partial charge on any atom is 0.230 e. The molecule has 156 valence electrons. The number of nitrogens with zero attached hydrogens (tertiary/aromatic N) is 2. The number of imidazole rings is 1. The lowest BCUT2D eigenvalue weighted by atomic mass is 10.1. The summed E-state index contributed by atoms with van der Waals surface area (Å²) in [6.07, 6.45) is 3.17. The Morgan fingerprint density at radius 1 is 1.03 bits per heavy atom. The number of benzene rings is 3. The zero-order chi connectivity index (χ0) is 21.7. The van der Waals surface area contributed by atoms with Crippen LogP contribution in [0.2, 0.25) is 5.02 Å². The summed E-state index contributed by atoms with van der Waals surface area (Å²) in [6, 6.07) is 22.3. The van der Waals surface area contributed by atoms with Crippen molar-refractivity contribution < 1.29 is 4.79 Å². The predicted molar refractivity (Wildman–Crippen MR) is 131 cm³/mol. The van der Waals surface area contributed by atoms with Crippen molar-refractivity contribution in [2.24, 2.45) is 0 Å². The van der Waals surface area contributed by atoms with E-state index in [4.69, 9.17) is 16.6 Å². The van der Waals surface area contributed by atoms with E-state index in [2.05, 4.69) is 41.7 Å². The van der Waals surface area contributed by atoms with E-state index in [9.17, 15) is 4.79 Å². The van der Waals surface area contributed by atoms with Crippen LogP contribution in [0.4, 0.5) is 5.69 Å². The van der Waals surface area contributed by atoms with Crippen LogP contribution in [0.1, 0.15) is 16.8 Å². The molecule has 1 aliphatic carbocycles. The molecule has 3 aromatic carbocycles. The van der Waals surface area contributed by atoms with Gasteiger partial charge in [0.1, 0.15) is 0 Å². The molecule has 0 saturated heterocycles. The number of carbonyl (C=O) groups is 1. The lowest BCUT2D eigenvalue weighted by molar-refractivity contribution is -0.115. The Morgan fingerprint density at radius 3 is 2.72 bits per heavy atom. The Kier molecular flexibility index (Phi) is 4.59. The van der Waals surface area contributed by atoms with Gasteiger partial charge >= 0.3 is 0 Å². The van der Waals surface area contributed by atoms with Gasteiger partial charge in [-0.2, -0.15) is 0 Å². The Hall–Kier alpha value is -3.41. The Morgan fingerprint density at radius 2 is 1.84 bits per heavy atom.